The van der Waals surface area contributed by atoms with Crippen molar-refractivity contribution in [2.24, 2.45) is 0 Å². The van der Waals surface area contributed by atoms with E-state index in [9.17, 15) is 4.79 Å². The van der Waals surface area contributed by atoms with E-state index in [0.717, 1.165) is 6.42 Å². The highest BCUT2D eigenvalue weighted by atomic mass is 29.3. The van der Waals surface area contributed by atoms with Gasteiger partial charge in [0.25, 0.3) is 0 Å². The van der Waals surface area contributed by atoms with Crippen molar-refractivity contribution in [3.8, 4) is 0 Å². The summed E-state index contributed by atoms with van der Waals surface area (Å²) in [5, 5.41) is 0. The molecule has 1 atom stereocenters. The van der Waals surface area contributed by atoms with Gasteiger partial charge in [0.2, 0.25) is 0 Å². The lowest BCUT2D eigenvalue weighted by atomic mass is 10.1. The standard InChI is InChI=1S/C10H22O2Si2/c1-6-9(11)10-7-8-13(2,3)14(4,5)12-10/h10H,6-8H2,1-5H3. The SMILES string of the molecule is CCC(=O)C1CC[Si](C)(C)[Si](C)(C)O1. The van der Waals surface area contributed by atoms with Gasteiger partial charge in [0.15, 0.2) is 13.6 Å². The van der Waals surface area contributed by atoms with E-state index in [1.807, 2.05) is 6.92 Å². The molecule has 0 aromatic heterocycles. The molecule has 1 saturated heterocycles. The molecule has 1 aliphatic heterocycles. The van der Waals surface area contributed by atoms with Crippen LogP contribution in [-0.2, 0) is 9.22 Å². The maximum absolute atomic E-state index is 11.6. The second-order valence-electron chi connectivity index (χ2n) is 5.36. The van der Waals surface area contributed by atoms with Gasteiger partial charge in [-0.15, -0.1) is 0 Å². The number of ketones is 1. The van der Waals surface area contributed by atoms with Gasteiger partial charge in [0, 0.05) is 6.42 Å². The fourth-order valence-corrected chi connectivity index (χ4v) is 8.31. The molecule has 14 heavy (non-hydrogen) atoms. The molecule has 82 valence electrons. The van der Waals surface area contributed by atoms with Crippen LogP contribution in [0.1, 0.15) is 19.8 Å². The van der Waals surface area contributed by atoms with E-state index < -0.39 is 15.4 Å². The lowest BCUT2D eigenvalue weighted by Gasteiger charge is -2.45. The first-order valence-corrected chi connectivity index (χ1v) is 12.6. The van der Waals surface area contributed by atoms with Crippen molar-refractivity contribution in [1.82, 2.24) is 0 Å². The minimum absolute atomic E-state index is 0.0674. The Kier molecular flexibility index (Phi) is 3.39. The zero-order valence-corrected chi connectivity index (χ0v) is 12.0. The molecule has 0 saturated carbocycles. The van der Waals surface area contributed by atoms with E-state index in [-0.39, 0.29) is 6.10 Å². The quantitative estimate of drug-likeness (QED) is 0.682. The molecular formula is C10H22O2Si2. The Bertz CT molecular complexity index is 236. The summed E-state index contributed by atoms with van der Waals surface area (Å²) < 4.78 is 6.09. The van der Waals surface area contributed by atoms with Gasteiger partial charge >= 0.3 is 0 Å². The molecular weight excluding hydrogens is 208 g/mol. The zero-order chi connectivity index (χ0) is 11.0. The van der Waals surface area contributed by atoms with Gasteiger partial charge in [-0.3, -0.25) is 4.79 Å². The van der Waals surface area contributed by atoms with Crippen molar-refractivity contribution in [3.05, 3.63) is 0 Å². The molecule has 0 radical (unpaired) electrons. The van der Waals surface area contributed by atoms with Crippen LogP contribution in [0.5, 0.6) is 0 Å². The van der Waals surface area contributed by atoms with Crippen molar-refractivity contribution in [2.45, 2.75) is 58.1 Å². The minimum atomic E-state index is -1.54. The topological polar surface area (TPSA) is 26.3 Å². The first kappa shape index (κ1) is 12.1. The fraction of sp³-hybridized carbons (Fsp3) is 0.900. The molecule has 1 aliphatic rings. The van der Waals surface area contributed by atoms with Crippen molar-refractivity contribution in [1.29, 1.82) is 0 Å². The largest absolute Gasteiger partial charge is 0.410 e. The summed E-state index contributed by atoms with van der Waals surface area (Å²) in [6.07, 6.45) is 1.53. The van der Waals surface area contributed by atoms with Gasteiger partial charge in [-0.2, -0.15) is 0 Å². The summed E-state index contributed by atoms with van der Waals surface area (Å²) in [4.78, 5) is 11.6. The van der Waals surface area contributed by atoms with E-state index in [0.29, 0.717) is 12.2 Å². The van der Waals surface area contributed by atoms with E-state index in [1.165, 1.54) is 6.04 Å². The maximum atomic E-state index is 11.6. The van der Waals surface area contributed by atoms with E-state index in [1.54, 1.807) is 0 Å². The Morgan fingerprint density at radius 3 is 2.36 bits per heavy atom. The highest BCUT2D eigenvalue weighted by molar-refractivity contribution is 7.38. The second kappa shape index (κ2) is 3.91. The Labute approximate surface area is 89.0 Å². The smallest absolute Gasteiger partial charge is 0.174 e. The lowest BCUT2D eigenvalue weighted by Crippen LogP contribution is -2.62. The van der Waals surface area contributed by atoms with E-state index in [4.69, 9.17) is 4.43 Å². The van der Waals surface area contributed by atoms with Crippen LogP contribution in [0.3, 0.4) is 0 Å². The van der Waals surface area contributed by atoms with Crippen molar-refractivity contribution in [3.63, 3.8) is 0 Å². The molecule has 2 nitrogen and oxygen atoms in total. The predicted molar refractivity (Wildman–Crippen MR) is 64.6 cm³/mol. The number of hydrogen-bond acceptors (Lipinski definition) is 2. The summed E-state index contributed by atoms with van der Waals surface area (Å²) >= 11 is 0. The first-order valence-electron chi connectivity index (χ1n) is 5.51. The van der Waals surface area contributed by atoms with Crippen LogP contribution in [0.15, 0.2) is 0 Å². The Balaban J connectivity index is 2.73. The number of carbonyl (C=O) groups excluding carboxylic acids is 1. The normalized spacial score (nSPS) is 29.9. The van der Waals surface area contributed by atoms with Crippen LogP contribution >= 0.6 is 0 Å². The van der Waals surface area contributed by atoms with Gasteiger partial charge in [0.05, 0.1) is 7.59 Å². The van der Waals surface area contributed by atoms with Crippen molar-refractivity contribution >= 4 is 21.2 Å². The Morgan fingerprint density at radius 1 is 1.36 bits per heavy atom. The molecule has 1 heterocycles. The van der Waals surface area contributed by atoms with Gasteiger partial charge in [-0.25, -0.2) is 0 Å². The van der Waals surface area contributed by atoms with Gasteiger partial charge < -0.3 is 4.43 Å². The lowest BCUT2D eigenvalue weighted by molar-refractivity contribution is -0.126. The fourth-order valence-electron chi connectivity index (χ4n) is 1.82. The van der Waals surface area contributed by atoms with Gasteiger partial charge in [-0.05, 0) is 19.5 Å². The molecule has 1 fully saturated rings. The molecule has 0 bridgehead atoms. The predicted octanol–water partition coefficient (Wildman–Crippen LogP) is 2.75. The van der Waals surface area contributed by atoms with Crippen LogP contribution in [-0.4, -0.2) is 27.3 Å². The number of carbonyl (C=O) groups is 1. The Morgan fingerprint density at radius 2 is 1.93 bits per heavy atom. The average molecular weight is 230 g/mol. The number of Topliss-reactive ketones (excluding diaryl/α,β-unsaturated/α-hetero) is 1. The highest BCUT2D eigenvalue weighted by Gasteiger charge is 2.48. The maximum Gasteiger partial charge on any atom is 0.174 e. The third-order valence-electron chi connectivity index (χ3n) is 3.81. The monoisotopic (exact) mass is 230 g/mol. The van der Waals surface area contributed by atoms with Crippen LogP contribution in [0.25, 0.3) is 0 Å². The van der Waals surface area contributed by atoms with Crippen LogP contribution in [0.4, 0.5) is 0 Å². The average Bonchev–Trinajstić information content (AvgIpc) is 2.08. The molecule has 0 aromatic carbocycles. The second-order valence-corrected chi connectivity index (χ2v) is 20.6. The molecule has 0 aliphatic carbocycles. The van der Waals surface area contributed by atoms with Gasteiger partial charge in [-0.1, -0.05) is 26.1 Å². The summed E-state index contributed by atoms with van der Waals surface area (Å²) in [5.74, 6) is 0.301. The van der Waals surface area contributed by atoms with E-state index >= 15 is 0 Å². The summed E-state index contributed by atoms with van der Waals surface area (Å²) in [7, 11) is -2.70. The highest BCUT2D eigenvalue weighted by Crippen LogP contribution is 2.33. The van der Waals surface area contributed by atoms with Crippen LogP contribution in [0.2, 0.25) is 32.2 Å². The molecule has 4 heteroatoms. The molecule has 1 unspecified atom stereocenters. The number of rotatable bonds is 2. The Hall–Kier alpha value is 0.0638. The van der Waals surface area contributed by atoms with Crippen molar-refractivity contribution in [2.75, 3.05) is 0 Å². The molecule has 0 N–H and O–H groups in total. The molecule has 0 aromatic rings. The third kappa shape index (κ3) is 2.17. The first-order chi connectivity index (χ1) is 6.30. The number of hydrogen-bond donors (Lipinski definition) is 0. The van der Waals surface area contributed by atoms with E-state index in [2.05, 4.69) is 26.2 Å². The molecule has 1 rings (SSSR count). The minimum Gasteiger partial charge on any atom is -0.410 e. The van der Waals surface area contributed by atoms with Crippen LogP contribution in [0, 0.1) is 0 Å². The van der Waals surface area contributed by atoms with Crippen molar-refractivity contribution < 1.29 is 9.22 Å². The molecule has 0 amide bonds. The van der Waals surface area contributed by atoms with Crippen LogP contribution < -0.4 is 0 Å². The molecule has 0 spiro atoms. The summed E-state index contributed by atoms with van der Waals surface area (Å²) in [6, 6.07) is 1.27. The van der Waals surface area contributed by atoms with Gasteiger partial charge in [0.1, 0.15) is 6.10 Å². The summed E-state index contributed by atoms with van der Waals surface area (Å²) in [5.41, 5.74) is 0. The summed E-state index contributed by atoms with van der Waals surface area (Å²) in [6.45, 7) is 11.3. The third-order valence-corrected chi connectivity index (χ3v) is 20.4. The zero-order valence-electron chi connectivity index (χ0n) is 10.0.